The molecule has 11 aromatic rings. The van der Waals surface area contributed by atoms with Gasteiger partial charge in [-0.05, 0) is 188 Å². The third-order valence-corrected chi connectivity index (χ3v) is 12.3. The van der Waals surface area contributed by atoms with Gasteiger partial charge in [-0.3, -0.25) is 29.9 Å². The highest BCUT2D eigenvalue weighted by Gasteiger charge is 2.20. The van der Waals surface area contributed by atoms with Crippen molar-refractivity contribution >= 4 is 5.71 Å². The summed E-state index contributed by atoms with van der Waals surface area (Å²) >= 11 is 0. The lowest BCUT2D eigenvalue weighted by Gasteiger charge is -2.22. The van der Waals surface area contributed by atoms with Gasteiger partial charge in [0.05, 0.1) is 80.1 Å². The fraction of sp³-hybridized carbons (Fsp3) is 0.150. The van der Waals surface area contributed by atoms with Gasteiger partial charge < -0.3 is 20.4 Å². The van der Waals surface area contributed by atoms with Crippen LogP contribution in [0.1, 0.15) is 65.9 Å². The van der Waals surface area contributed by atoms with E-state index in [9.17, 15) is 0 Å². The Morgan fingerprint density at radius 2 is 0.640 bits per heavy atom. The molecular weight excluding hydrogens is 931 g/mol. The number of H-pyrrole nitrogens is 3. The summed E-state index contributed by atoms with van der Waals surface area (Å²) in [7, 11) is 0. The Morgan fingerprint density at radius 1 is 0.320 bits per heavy atom. The maximum absolute atomic E-state index is 4.60. The number of nitrogens with one attached hydrogen (secondary N) is 4. The average Bonchev–Trinajstić information content (AvgIpc) is 4.25. The number of aromatic nitrogens is 13. The lowest BCUT2D eigenvalue weighted by Crippen LogP contribution is -2.25. The van der Waals surface area contributed by atoms with Crippen molar-refractivity contribution in [2.24, 2.45) is 5.10 Å². The zero-order valence-corrected chi connectivity index (χ0v) is 42.6. The number of rotatable bonds is 9. The number of hydrazone groups is 1. The predicted molar refractivity (Wildman–Crippen MR) is 296 cm³/mol. The number of nitrogens with zero attached hydrogens (tertiary/aromatic N) is 11. The van der Waals surface area contributed by atoms with Gasteiger partial charge in [0.15, 0.2) is 0 Å². The van der Waals surface area contributed by atoms with Gasteiger partial charge in [0, 0.05) is 34.2 Å². The van der Waals surface area contributed by atoms with Crippen molar-refractivity contribution < 1.29 is 1.43 Å². The molecule has 12 rings (SSSR count). The SMILES string of the molecule is Cc1cccc(-c2ccc(-c3ccc(-c4cccc(C)n4)[nH]3)[nH]2)n1.Cc1cccc(-c2ccc(-c3ccc(-c4cccc(C)n4)nn3)nn2)n1.Cc1cccc(-c2ccc(C3=NNC(c4cccc(C)n4)CC3)[nH]2)n1.[H+]. The maximum Gasteiger partial charge on any atom is 1.00 e. The maximum atomic E-state index is 4.60. The average molecular weight is 987 g/mol. The number of hydrogen-bond donors (Lipinski definition) is 4. The molecule has 0 aromatic carbocycles. The van der Waals surface area contributed by atoms with Crippen LogP contribution in [0.2, 0.25) is 0 Å². The van der Waals surface area contributed by atoms with Crippen LogP contribution < -0.4 is 5.43 Å². The molecule has 15 heteroatoms. The summed E-state index contributed by atoms with van der Waals surface area (Å²) in [4.78, 5) is 37.5. The van der Waals surface area contributed by atoms with Crippen LogP contribution in [0.4, 0.5) is 0 Å². The van der Waals surface area contributed by atoms with Crippen LogP contribution in [0, 0.1) is 41.5 Å². The van der Waals surface area contributed by atoms with Crippen LogP contribution >= 0.6 is 0 Å². The first-order chi connectivity index (χ1) is 36.6. The minimum Gasteiger partial charge on any atom is -0.352 e. The van der Waals surface area contributed by atoms with E-state index >= 15 is 0 Å². The highest BCUT2D eigenvalue weighted by molar-refractivity contribution is 6.00. The zero-order chi connectivity index (χ0) is 51.7. The second-order valence-corrected chi connectivity index (χ2v) is 18.3. The Morgan fingerprint density at radius 3 is 1.00 bits per heavy atom. The van der Waals surface area contributed by atoms with Crippen LogP contribution in [-0.4, -0.2) is 71.0 Å². The number of aromatic amines is 3. The fourth-order valence-corrected chi connectivity index (χ4v) is 8.50. The Labute approximate surface area is 436 Å². The largest absolute Gasteiger partial charge is 1.00 e. The number of hydrogen-bond acceptors (Lipinski definition) is 12. The first kappa shape index (κ1) is 49.0. The molecule has 1 unspecified atom stereocenters. The van der Waals surface area contributed by atoms with Crippen LogP contribution in [-0.2, 0) is 0 Å². The molecule has 11 aromatic heterocycles. The summed E-state index contributed by atoms with van der Waals surface area (Å²) in [6.07, 6.45) is 1.89. The van der Waals surface area contributed by atoms with E-state index in [4.69, 9.17) is 0 Å². The monoisotopic (exact) mass is 986 g/mol. The molecule has 0 saturated heterocycles. The van der Waals surface area contributed by atoms with E-state index in [1.807, 2.05) is 169 Å². The van der Waals surface area contributed by atoms with Crippen LogP contribution in [0.5, 0.6) is 0 Å². The Bertz CT molecular complexity index is 3580. The topological polar surface area (TPSA) is 201 Å². The third kappa shape index (κ3) is 12.2. The van der Waals surface area contributed by atoms with Crippen LogP contribution in [0.15, 0.2) is 175 Å². The van der Waals surface area contributed by atoms with Crippen molar-refractivity contribution in [2.45, 2.75) is 60.4 Å². The van der Waals surface area contributed by atoms with Gasteiger partial charge in [-0.15, -0.1) is 20.4 Å². The minimum atomic E-state index is 0. The molecule has 0 bridgehead atoms. The summed E-state index contributed by atoms with van der Waals surface area (Å²) in [6, 6.07) is 56.0. The highest BCUT2D eigenvalue weighted by Crippen LogP contribution is 2.28. The first-order valence-corrected chi connectivity index (χ1v) is 24.8. The van der Waals surface area contributed by atoms with Crippen molar-refractivity contribution in [2.75, 3.05) is 0 Å². The summed E-state index contributed by atoms with van der Waals surface area (Å²) < 4.78 is 0. The van der Waals surface area contributed by atoms with E-state index in [2.05, 4.69) is 118 Å². The summed E-state index contributed by atoms with van der Waals surface area (Å²) in [5, 5.41) is 21.6. The molecule has 0 saturated carbocycles. The Kier molecular flexibility index (Phi) is 14.6. The normalized spacial score (nSPS) is 12.9. The fourth-order valence-electron chi connectivity index (χ4n) is 8.50. The molecule has 4 N–H and O–H groups in total. The van der Waals surface area contributed by atoms with E-state index in [1.54, 1.807) is 0 Å². The molecule has 0 fully saturated rings. The second kappa shape index (κ2) is 22.4. The van der Waals surface area contributed by atoms with E-state index in [0.717, 1.165) is 132 Å². The van der Waals surface area contributed by atoms with Gasteiger partial charge in [0.1, 0.15) is 22.8 Å². The molecule has 1 atom stereocenters. The van der Waals surface area contributed by atoms with Crippen molar-refractivity contribution in [3.05, 3.63) is 215 Å². The molecule has 1 aliphatic rings. The van der Waals surface area contributed by atoms with Crippen molar-refractivity contribution in [3.63, 3.8) is 0 Å². The zero-order valence-electron chi connectivity index (χ0n) is 43.6. The molecular formula is C60H56N15+. The van der Waals surface area contributed by atoms with Crippen molar-refractivity contribution in [1.29, 1.82) is 0 Å². The molecule has 0 spiro atoms. The molecule has 370 valence electrons. The highest BCUT2D eigenvalue weighted by atomic mass is 15.3. The number of pyridine rings is 6. The molecule has 0 aliphatic carbocycles. The smallest absolute Gasteiger partial charge is 0.352 e. The molecule has 1 aliphatic heterocycles. The third-order valence-electron chi connectivity index (χ3n) is 12.3. The first-order valence-electron chi connectivity index (χ1n) is 24.8. The Balaban J connectivity index is 0.000000138. The van der Waals surface area contributed by atoms with Crippen LogP contribution in [0.25, 0.3) is 79.7 Å². The molecule has 0 amide bonds. The molecule has 15 nitrogen and oxygen atoms in total. The van der Waals surface area contributed by atoms with Gasteiger partial charge in [0.2, 0.25) is 0 Å². The number of aryl methyl sites for hydroxylation is 6. The van der Waals surface area contributed by atoms with E-state index in [0.29, 0.717) is 11.4 Å². The van der Waals surface area contributed by atoms with Gasteiger partial charge in [-0.2, -0.15) is 5.10 Å². The second-order valence-electron chi connectivity index (χ2n) is 18.3. The standard InChI is InChI=1S/C20H16N6.C20H21N5.C20H18N4/c1-13-5-3-7-15(21-13)17-9-11-19(25-23-17)20-12-10-18(24-26-20)16-8-4-6-14(2)22-16;1-13-5-3-7-15(21-13)17-9-10-18(23-17)20-12-11-19(24-25-20)16-8-4-6-14(2)22-16;1-13-5-3-7-15(21-13)17-9-11-19(23-17)20-12-10-18(24-20)16-8-4-6-14(2)22-16/h3-12H,1-2H3;3-10,19,23-24H,11-12H2,1-2H3;3-12,23-24H,1-2H3/p+1. The predicted octanol–water partition coefficient (Wildman–Crippen LogP) is 12.5. The summed E-state index contributed by atoms with van der Waals surface area (Å²) in [5.74, 6) is 0. The molecule has 0 radical (unpaired) electrons. The van der Waals surface area contributed by atoms with E-state index in [1.165, 1.54) is 0 Å². The van der Waals surface area contributed by atoms with Gasteiger partial charge >= 0.3 is 1.43 Å². The van der Waals surface area contributed by atoms with E-state index < -0.39 is 0 Å². The van der Waals surface area contributed by atoms with Crippen molar-refractivity contribution in [1.82, 2.24) is 70.7 Å². The van der Waals surface area contributed by atoms with Crippen LogP contribution in [0.3, 0.4) is 0 Å². The molecule has 12 heterocycles. The van der Waals surface area contributed by atoms with Gasteiger partial charge in [-0.25, -0.2) is 0 Å². The quantitative estimate of drug-likeness (QED) is 0.107. The summed E-state index contributed by atoms with van der Waals surface area (Å²) in [6.45, 7) is 11.9. The van der Waals surface area contributed by atoms with Gasteiger partial charge in [-0.1, -0.05) is 36.4 Å². The Hall–Kier alpha value is -9.63. The van der Waals surface area contributed by atoms with E-state index in [-0.39, 0.29) is 7.47 Å². The lowest BCUT2D eigenvalue weighted by atomic mass is 10.0. The minimum absolute atomic E-state index is 0. The summed E-state index contributed by atoms with van der Waals surface area (Å²) in [5.41, 5.74) is 24.7. The van der Waals surface area contributed by atoms with Crippen molar-refractivity contribution in [3.8, 4) is 79.7 Å². The van der Waals surface area contributed by atoms with Gasteiger partial charge in [0.25, 0.3) is 0 Å². The lowest BCUT2D eigenvalue weighted by molar-refractivity contribution is 0.492. The molecule has 75 heavy (non-hydrogen) atoms.